The molecule has 4 N–H and O–H groups in total. The molecule has 1 aromatic heterocycles. The van der Waals surface area contributed by atoms with Gasteiger partial charge in [0.25, 0.3) is 0 Å². The lowest BCUT2D eigenvalue weighted by atomic mass is 10.0. The van der Waals surface area contributed by atoms with Crippen LogP contribution in [0.25, 0.3) is 10.9 Å². The van der Waals surface area contributed by atoms with E-state index in [1.54, 1.807) is 0 Å². The number of hydrogen-bond donors (Lipinski definition) is 3. The van der Waals surface area contributed by atoms with Gasteiger partial charge in [-0.3, -0.25) is 0 Å². The second-order valence-corrected chi connectivity index (χ2v) is 4.58. The molecule has 84 valence electrons. The van der Waals surface area contributed by atoms with E-state index in [0.717, 1.165) is 24.2 Å². The van der Waals surface area contributed by atoms with Crippen molar-refractivity contribution in [2.75, 3.05) is 12.3 Å². The van der Waals surface area contributed by atoms with Crippen molar-refractivity contribution in [2.24, 2.45) is 0 Å². The smallest absolute Gasteiger partial charge is 0.0690 e. The molecule has 0 amide bonds. The SMILES string of the molecule is Nc1cccc2c(C[C@@H]3CCCN3)c[nH]c12. The van der Waals surface area contributed by atoms with E-state index in [1.807, 2.05) is 12.1 Å². The predicted molar refractivity (Wildman–Crippen MR) is 67.4 cm³/mol. The maximum Gasteiger partial charge on any atom is 0.0690 e. The summed E-state index contributed by atoms with van der Waals surface area (Å²) in [6.07, 6.45) is 5.79. The standard InChI is InChI=1S/C13H17N3/c14-12-5-1-4-11-9(8-16-13(11)12)7-10-3-2-6-15-10/h1,4-5,8,10,15-16H,2-3,6-7,14H2/t10-/m0/s1. The number of fused-ring (bicyclic) bond motifs is 1. The van der Waals surface area contributed by atoms with Crippen LogP contribution in [0.1, 0.15) is 18.4 Å². The summed E-state index contributed by atoms with van der Waals surface area (Å²) in [5, 5.41) is 4.80. The Bertz CT molecular complexity index is 495. The van der Waals surface area contributed by atoms with Gasteiger partial charge >= 0.3 is 0 Å². The normalized spacial score (nSPS) is 20.6. The summed E-state index contributed by atoms with van der Waals surface area (Å²) in [5.74, 6) is 0. The minimum absolute atomic E-state index is 0.639. The van der Waals surface area contributed by atoms with Crippen molar-refractivity contribution in [2.45, 2.75) is 25.3 Å². The average molecular weight is 215 g/mol. The summed E-state index contributed by atoms with van der Waals surface area (Å²) in [6.45, 7) is 1.16. The minimum atomic E-state index is 0.639. The third kappa shape index (κ3) is 1.57. The topological polar surface area (TPSA) is 53.8 Å². The van der Waals surface area contributed by atoms with E-state index in [9.17, 15) is 0 Å². The second kappa shape index (κ2) is 3.83. The van der Waals surface area contributed by atoms with Gasteiger partial charge in [-0.1, -0.05) is 12.1 Å². The first-order chi connectivity index (χ1) is 7.84. The molecule has 0 unspecified atom stereocenters. The van der Waals surface area contributed by atoms with Crippen LogP contribution in [0, 0.1) is 0 Å². The van der Waals surface area contributed by atoms with Gasteiger partial charge < -0.3 is 16.0 Å². The zero-order valence-electron chi connectivity index (χ0n) is 9.29. The highest BCUT2D eigenvalue weighted by molar-refractivity contribution is 5.92. The van der Waals surface area contributed by atoms with Gasteiger partial charge in [0.15, 0.2) is 0 Å². The van der Waals surface area contributed by atoms with Crippen LogP contribution in [-0.4, -0.2) is 17.6 Å². The largest absolute Gasteiger partial charge is 0.397 e. The zero-order chi connectivity index (χ0) is 11.0. The lowest BCUT2D eigenvalue weighted by molar-refractivity contribution is 0.605. The Balaban J connectivity index is 1.94. The van der Waals surface area contributed by atoms with Crippen LogP contribution in [-0.2, 0) is 6.42 Å². The predicted octanol–water partition coefficient (Wildman–Crippen LogP) is 2.04. The van der Waals surface area contributed by atoms with Crippen LogP contribution < -0.4 is 11.1 Å². The zero-order valence-corrected chi connectivity index (χ0v) is 9.29. The molecule has 0 spiro atoms. The monoisotopic (exact) mass is 215 g/mol. The van der Waals surface area contributed by atoms with E-state index >= 15 is 0 Å². The first-order valence-electron chi connectivity index (χ1n) is 5.92. The molecule has 3 rings (SSSR count). The summed E-state index contributed by atoms with van der Waals surface area (Å²) in [6, 6.07) is 6.75. The molecular formula is C13H17N3. The molecule has 1 aliphatic rings. The molecule has 3 heteroatoms. The van der Waals surface area contributed by atoms with Crippen LogP contribution in [0.3, 0.4) is 0 Å². The van der Waals surface area contributed by atoms with Crippen molar-refractivity contribution in [3.05, 3.63) is 30.0 Å². The average Bonchev–Trinajstić information content (AvgIpc) is 2.90. The number of benzene rings is 1. The van der Waals surface area contributed by atoms with Gasteiger partial charge in [0.1, 0.15) is 0 Å². The van der Waals surface area contributed by atoms with Gasteiger partial charge in [-0.05, 0) is 37.4 Å². The number of H-pyrrole nitrogens is 1. The van der Waals surface area contributed by atoms with Crippen molar-refractivity contribution in [1.29, 1.82) is 0 Å². The van der Waals surface area contributed by atoms with Gasteiger partial charge in [-0.25, -0.2) is 0 Å². The van der Waals surface area contributed by atoms with E-state index in [2.05, 4.69) is 22.6 Å². The molecule has 1 saturated heterocycles. The van der Waals surface area contributed by atoms with Crippen molar-refractivity contribution < 1.29 is 0 Å². The highest BCUT2D eigenvalue weighted by atomic mass is 14.9. The number of rotatable bonds is 2. The van der Waals surface area contributed by atoms with Crippen molar-refractivity contribution in [3.8, 4) is 0 Å². The number of hydrogen-bond acceptors (Lipinski definition) is 2. The Morgan fingerprint density at radius 2 is 2.31 bits per heavy atom. The van der Waals surface area contributed by atoms with Gasteiger partial charge in [-0.15, -0.1) is 0 Å². The molecule has 1 aliphatic heterocycles. The number of nitrogens with one attached hydrogen (secondary N) is 2. The van der Waals surface area contributed by atoms with Crippen LogP contribution in [0.2, 0.25) is 0 Å². The Labute approximate surface area is 95.0 Å². The molecule has 0 radical (unpaired) electrons. The van der Waals surface area contributed by atoms with Crippen LogP contribution >= 0.6 is 0 Å². The van der Waals surface area contributed by atoms with Crippen molar-refractivity contribution in [1.82, 2.24) is 10.3 Å². The lowest BCUT2D eigenvalue weighted by Crippen LogP contribution is -2.23. The van der Waals surface area contributed by atoms with Gasteiger partial charge in [-0.2, -0.15) is 0 Å². The first-order valence-corrected chi connectivity index (χ1v) is 5.92. The lowest BCUT2D eigenvalue weighted by Gasteiger charge is -2.08. The molecule has 2 heterocycles. The minimum Gasteiger partial charge on any atom is -0.397 e. The molecular weight excluding hydrogens is 198 g/mol. The van der Waals surface area contributed by atoms with Gasteiger partial charge in [0.2, 0.25) is 0 Å². The summed E-state index contributed by atoms with van der Waals surface area (Å²) >= 11 is 0. The Kier molecular flexibility index (Phi) is 2.33. The summed E-state index contributed by atoms with van der Waals surface area (Å²) < 4.78 is 0. The molecule has 0 saturated carbocycles. The fourth-order valence-electron chi connectivity index (χ4n) is 2.60. The molecule has 1 atom stereocenters. The number of aromatic nitrogens is 1. The van der Waals surface area contributed by atoms with Gasteiger partial charge in [0, 0.05) is 17.6 Å². The number of anilines is 1. The van der Waals surface area contributed by atoms with Crippen molar-refractivity contribution in [3.63, 3.8) is 0 Å². The van der Waals surface area contributed by atoms with Crippen LogP contribution in [0.4, 0.5) is 5.69 Å². The van der Waals surface area contributed by atoms with Gasteiger partial charge in [0.05, 0.1) is 11.2 Å². The molecule has 0 aliphatic carbocycles. The molecule has 3 nitrogen and oxygen atoms in total. The Morgan fingerprint density at radius 1 is 1.38 bits per heavy atom. The van der Waals surface area contributed by atoms with E-state index < -0.39 is 0 Å². The molecule has 1 fully saturated rings. The number of nitrogens with two attached hydrogens (primary N) is 1. The number of aromatic amines is 1. The molecule has 0 bridgehead atoms. The first kappa shape index (κ1) is 9.73. The van der Waals surface area contributed by atoms with E-state index in [0.29, 0.717) is 6.04 Å². The Hall–Kier alpha value is -1.48. The second-order valence-electron chi connectivity index (χ2n) is 4.58. The third-order valence-corrected chi connectivity index (χ3v) is 3.46. The maximum absolute atomic E-state index is 5.93. The van der Waals surface area contributed by atoms with Crippen LogP contribution in [0.15, 0.2) is 24.4 Å². The maximum atomic E-state index is 5.93. The van der Waals surface area contributed by atoms with Crippen molar-refractivity contribution >= 4 is 16.6 Å². The fourth-order valence-corrected chi connectivity index (χ4v) is 2.60. The highest BCUT2D eigenvalue weighted by Gasteiger charge is 2.16. The fraction of sp³-hybridized carbons (Fsp3) is 0.385. The summed E-state index contributed by atoms with van der Waals surface area (Å²) in [4.78, 5) is 3.28. The summed E-state index contributed by atoms with van der Waals surface area (Å²) in [7, 11) is 0. The summed E-state index contributed by atoms with van der Waals surface area (Å²) in [5.41, 5.74) is 9.22. The number of para-hydroxylation sites is 1. The highest BCUT2D eigenvalue weighted by Crippen LogP contribution is 2.25. The molecule has 16 heavy (non-hydrogen) atoms. The quantitative estimate of drug-likeness (QED) is 0.671. The van der Waals surface area contributed by atoms with E-state index in [-0.39, 0.29) is 0 Å². The van der Waals surface area contributed by atoms with E-state index in [4.69, 9.17) is 5.73 Å². The molecule has 2 aromatic rings. The third-order valence-electron chi connectivity index (χ3n) is 3.46. The Morgan fingerprint density at radius 3 is 3.12 bits per heavy atom. The van der Waals surface area contributed by atoms with Crippen LogP contribution in [0.5, 0.6) is 0 Å². The number of nitrogen functional groups attached to an aromatic ring is 1. The van der Waals surface area contributed by atoms with E-state index in [1.165, 1.54) is 23.8 Å². The molecule has 1 aromatic carbocycles.